The quantitative estimate of drug-likeness (QED) is 0.328. The smallest absolute Gasteiger partial charge is 0.420 e. The highest BCUT2D eigenvalue weighted by molar-refractivity contribution is 5.95. The predicted molar refractivity (Wildman–Crippen MR) is 123 cm³/mol. The van der Waals surface area contributed by atoms with E-state index in [0.717, 1.165) is 18.9 Å². The van der Waals surface area contributed by atoms with Crippen LogP contribution in [0.1, 0.15) is 52.6 Å². The van der Waals surface area contributed by atoms with Crippen LogP contribution in [0, 0.1) is 5.82 Å². The summed E-state index contributed by atoms with van der Waals surface area (Å²) >= 11 is 0. The fourth-order valence-electron chi connectivity index (χ4n) is 4.70. The SMILES string of the molecule is O=C(c1nc2c(C(F)(F)F)cc(-c3ccoc3)cn2c1C1CC1)N1CC=C(c2ncccc2F)CC1. The van der Waals surface area contributed by atoms with Gasteiger partial charge in [0.15, 0.2) is 5.69 Å². The minimum atomic E-state index is -4.66. The number of aromatic nitrogens is 3. The molecule has 1 amide bonds. The van der Waals surface area contributed by atoms with Gasteiger partial charge in [-0.2, -0.15) is 13.2 Å². The minimum Gasteiger partial charge on any atom is -0.472 e. The number of furan rings is 1. The standard InChI is InChI=1S/C26H20F4N4O2/c27-20-2-1-8-31-21(20)15-5-9-33(10-6-15)25(35)22-23(16-3-4-16)34-13-18(17-7-11-36-14-17)12-19(24(34)32-22)26(28,29)30/h1-2,5,7-8,11-14,16H,3-4,6,9-10H2. The minimum absolute atomic E-state index is 0.0354. The van der Waals surface area contributed by atoms with Crippen molar-refractivity contribution in [1.82, 2.24) is 19.3 Å². The van der Waals surface area contributed by atoms with E-state index in [1.807, 2.05) is 0 Å². The van der Waals surface area contributed by atoms with Gasteiger partial charge in [0, 0.05) is 42.5 Å². The zero-order chi connectivity index (χ0) is 25.0. The van der Waals surface area contributed by atoms with Gasteiger partial charge in [-0.1, -0.05) is 6.08 Å². The van der Waals surface area contributed by atoms with Crippen molar-refractivity contribution < 1.29 is 26.8 Å². The van der Waals surface area contributed by atoms with Gasteiger partial charge in [-0.15, -0.1) is 0 Å². The third-order valence-electron chi connectivity index (χ3n) is 6.64. The lowest BCUT2D eigenvalue weighted by Crippen LogP contribution is -2.35. The molecule has 10 heteroatoms. The average molecular weight is 496 g/mol. The van der Waals surface area contributed by atoms with Crippen LogP contribution in [0.3, 0.4) is 0 Å². The maximum atomic E-state index is 14.1. The van der Waals surface area contributed by atoms with Gasteiger partial charge in [0.2, 0.25) is 0 Å². The molecular weight excluding hydrogens is 476 g/mol. The summed E-state index contributed by atoms with van der Waals surface area (Å²) in [6, 6.07) is 5.46. The molecule has 6 nitrogen and oxygen atoms in total. The molecule has 0 N–H and O–H groups in total. The van der Waals surface area contributed by atoms with E-state index in [9.17, 15) is 22.4 Å². The van der Waals surface area contributed by atoms with Gasteiger partial charge in [-0.05, 0) is 49.1 Å². The number of rotatable bonds is 4. The van der Waals surface area contributed by atoms with Gasteiger partial charge in [-0.3, -0.25) is 9.78 Å². The van der Waals surface area contributed by atoms with Crippen molar-refractivity contribution in [3.05, 3.63) is 83.7 Å². The summed E-state index contributed by atoms with van der Waals surface area (Å²) in [7, 11) is 0. The molecule has 5 heterocycles. The van der Waals surface area contributed by atoms with Gasteiger partial charge in [-0.25, -0.2) is 9.37 Å². The molecule has 0 aromatic carbocycles. The Hall–Kier alpha value is -3.95. The number of carbonyl (C=O) groups excluding carboxylic acids is 1. The Balaban J connectivity index is 1.41. The second-order valence-corrected chi connectivity index (χ2v) is 9.03. The maximum Gasteiger partial charge on any atom is 0.420 e. The van der Waals surface area contributed by atoms with Gasteiger partial charge < -0.3 is 13.7 Å². The second-order valence-electron chi connectivity index (χ2n) is 9.03. The van der Waals surface area contributed by atoms with Gasteiger partial charge in [0.25, 0.3) is 5.91 Å². The number of imidazole rings is 1. The van der Waals surface area contributed by atoms with Crippen LogP contribution < -0.4 is 0 Å². The Labute approximate surface area is 202 Å². The molecule has 0 saturated heterocycles. The van der Waals surface area contributed by atoms with Crippen molar-refractivity contribution in [3.63, 3.8) is 0 Å². The van der Waals surface area contributed by atoms with E-state index >= 15 is 0 Å². The Bertz CT molecular complexity index is 1500. The van der Waals surface area contributed by atoms with Crippen LogP contribution in [0.15, 0.2) is 59.7 Å². The maximum absolute atomic E-state index is 14.1. The average Bonchev–Trinajstić information content (AvgIpc) is 3.40. The van der Waals surface area contributed by atoms with E-state index in [1.165, 1.54) is 40.2 Å². The predicted octanol–water partition coefficient (Wildman–Crippen LogP) is 5.95. The fraction of sp³-hybridized carbons (Fsp3) is 0.269. The van der Waals surface area contributed by atoms with Crippen LogP contribution in [0.5, 0.6) is 0 Å². The van der Waals surface area contributed by atoms with Gasteiger partial charge in [0.05, 0.1) is 23.8 Å². The number of nitrogens with zero attached hydrogens (tertiary/aromatic N) is 4. The first-order chi connectivity index (χ1) is 17.3. The highest BCUT2D eigenvalue weighted by Gasteiger charge is 2.40. The Morgan fingerprint density at radius 1 is 1.17 bits per heavy atom. The second kappa shape index (κ2) is 8.32. The number of hydrogen-bond acceptors (Lipinski definition) is 4. The lowest BCUT2D eigenvalue weighted by atomic mass is 10.0. The van der Waals surface area contributed by atoms with Crippen LogP contribution in [-0.2, 0) is 6.18 Å². The molecule has 0 radical (unpaired) electrons. The summed E-state index contributed by atoms with van der Waals surface area (Å²) in [5, 5.41) is 0. The molecule has 0 bridgehead atoms. The molecule has 1 aliphatic heterocycles. The Morgan fingerprint density at radius 2 is 2.00 bits per heavy atom. The first kappa shape index (κ1) is 22.5. The van der Waals surface area contributed by atoms with Crippen LogP contribution in [0.4, 0.5) is 17.6 Å². The van der Waals surface area contributed by atoms with Crippen LogP contribution in [-0.4, -0.2) is 38.3 Å². The molecule has 1 saturated carbocycles. The van der Waals surface area contributed by atoms with Crippen molar-refractivity contribution in [2.45, 2.75) is 31.4 Å². The molecule has 0 atom stereocenters. The third kappa shape index (κ3) is 3.86. The van der Waals surface area contributed by atoms with E-state index in [4.69, 9.17) is 4.42 Å². The van der Waals surface area contributed by atoms with E-state index in [1.54, 1.807) is 18.3 Å². The van der Waals surface area contributed by atoms with Crippen LogP contribution in [0.2, 0.25) is 0 Å². The monoisotopic (exact) mass is 496 g/mol. The van der Waals surface area contributed by atoms with Crippen LogP contribution in [0.25, 0.3) is 22.3 Å². The summed E-state index contributed by atoms with van der Waals surface area (Å²) in [6.45, 7) is 0.472. The van der Waals surface area contributed by atoms with E-state index in [2.05, 4.69) is 9.97 Å². The lowest BCUT2D eigenvalue weighted by molar-refractivity contribution is -0.136. The van der Waals surface area contributed by atoms with Crippen molar-refractivity contribution in [2.24, 2.45) is 0 Å². The molecule has 0 unspecified atom stereocenters. The Kier molecular flexibility index (Phi) is 5.20. The van der Waals surface area contributed by atoms with E-state index < -0.39 is 23.5 Å². The largest absolute Gasteiger partial charge is 0.472 e. The summed E-state index contributed by atoms with van der Waals surface area (Å²) in [6.07, 6.45) is 4.86. The number of fused-ring (bicyclic) bond motifs is 1. The molecule has 4 aromatic rings. The van der Waals surface area contributed by atoms with Crippen molar-refractivity contribution in [2.75, 3.05) is 13.1 Å². The van der Waals surface area contributed by atoms with Gasteiger partial charge in [0.1, 0.15) is 17.2 Å². The number of carbonyl (C=O) groups is 1. The molecule has 184 valence electrons. The molecule has 2 aliphatic rings. The molecule has 4 aromatic heterocycles. The fourth-order valence-corrected chi connectivity index (χ4v) is 4.70. The third-order valence-corrected chi connectivity index (χ3v) is 6.64. The zero-order valence-corrected chi connectivity index (χ0v) is 18.9. The topological polar surface area (TPSA) is 63.6 Å². The molecular formula is C26H20F4N4O2. The molecule has 6 rings (SSSR count). The molecule has 0 spiro atoms. The molecule has 36 heavy (non-hydrogen) atoms. The highest BCUT2D eigenvalue weighted by atomic mass is 19.4. The number of halogens is 4. The highest BCUT2D eigenvalue weighted by Crippen LogP contribution is 2.44. The summed E-state index contributed by atoms with van der Waals surface area (Å²) in [5.41, 5.74) is 1.10. The summed E-state index contributed by atoms with van der Waals surface area (Å²) in [4.78, 5) is 23.4. The number of hydrogen-bond donors (Lipinski definition) is 0. The number of amides is 1. The summed E-state index contributed by atoms with van der Waals surface area (Å²) < 4.78 is 62.8. The zero-order valence-electron chi connectivity index (χ0n) is 18.9. The summed E-state index contributed by atoms with van der Waals surface area (Å²) in [5.74, 6) is -0.915. The first-order valence-corrected chi connectivity index (χ1v) is 11.6. The van der Waals surface area contributed by atoms with Crippen molar-refractivity contribution >= 4 is 17.1 Å². The van der Waals surface area contributed by atoms with Crippen molar-refractivity contribution in [3.8, 4) is 11.1 Å². The Morgan fingerprint density at radius 3 is 2.64 bits per heavy atom. The van der Waals surface area contributed by atoms with E-state index in [-0.39, 0.29) is 36.0 Å². The van der Waals surface area contributed by atoms with Crippen molar-refractivity contribution in [1.29, 1.82) is 0 Å². The normalized spacial score (nSPS) is 16.4. The number of pyridine rings is 2. The first-order valence-electron chi connectivity index (χ1n) is 11.6. The van der Waals surface area contributed by atoms with E-state index in [0.29, 0.717) is 28.8 Å². The lowest BCUT2D eigenvalue weighted by Gasteiger charge is -2.26. The molecule has 1 fully saturated rings. The number of alkyl halides is 3. The van der Waals surface area contributed by atoms with Crippen LogP contribution >= 0.6 is 0 Å². The van der Waals surface area contributed by atoms with Gasteiger partial charge >= 0.3 is 6.18 Å². The molecule has 1 aliphatic carbocycles.